The third-order valence-corrected chi connectivity index (χ3v) is 5.97. The Bertz CT molecular complexity index is 296. The van der Waals surface area contributed by atoms with Crippen LogP contribution >= 0.6 is 31.9 Å². The number of ether oxygens (including phenoxy) is 2. The van der Waals surface area contributed by atoms with Crippen LogP contribution in [0.25, 0.3) is 0 Å². The van der Waals surface area contributed by atoms with Crippen molar-refractivity contribution in [1.29, 1.82) is 0 Å². The number of hydrogen-bond acceptors (Lipinski definition) is 4. The summed E-state index contributed by atoms with van der Waals surface area (Å²) in [5.74, 6) is -0.465. The highest BCUT2D eigenvalue weighted by atomic mass is 79.9. The average molecular weight is 358 g/mol. The van der Waals surface area contributed by atoms with E-state index in [0.717, 1.165) is 0 Å². The summed E-state index contributed by atoms with van der Waals surface area (Å²) in [6.07, 6.45) is 0. The van der Waals surface area contributed by atoms with Gasteiger partial charge in [-0.05, 0) is 5.92 Å². The first-order valence-electron chi connectivity index (χ1n) is 4.88. The molecule has 0 saturated heterocycles. The minimum absolute atomic E-state index is 0.207. The van der Waals surface area contributed by atoms with Crippen molar-refractivity contribution in [3.05, 3.63) is 0 Å². The van der Waals surface area contributed by atoms with Gasteiger partial charge in [-0.25, -0.2) is 0 Å². The minimum Gasteiger partial charge on any atom is -0.465 e. The molecule has 0 aromatic rings. The van der Waals surface area contributed by atoms with Crippen LogP contribution in [0.1, 0.15) is 20.8 Å². The van der Waals surface area contributed by atoms with Gasteiger partial charge in [-0.3, -0.25) is 9.59 Å². The van der Waals surface area contributed by atoms with E-state index in [9.17, 15) is 9.59 Å². The third-order valence-electron chi connectivity index (χ3n) is 3.02. The van der Waals surface area contributed by atoms with E-state index >= 15 is 0 Å². The fourth-order valence-corrected chi connectivity index (χ4v) is 3.44. The first-order valence-corrected chi connectivity index (χ1v) is 6.47. The maximum atomic E-state index is 10.8. The molecule has 92 valence electrons. The molecule has 6 heteroatoms. The number of alkyl halides is 2. The molecule has 1 unspecified atom stereocenters. The second-order valence-corrected chi connectivity index (χ2v) is 7.63. The zero-order valence-corrected chi connectivity index (χ0v) is 12.6. The third kappa shape index (κ3) is 2.42. The van der Waals surface area contributed by atoms with Crippen LogP contribution in [0.2, 0.25) is 0 Å². The fourth-order valence-electron chi connectivity index (χ4n) is 1.65. The van der Waals surface area contributed by atoms with Gasteiger partial charge in [0.05, 0.1) is 8.65 Å². The summed E-state index contributed by atoms with van der Waals surface area (Å²) >= 11 is 7.02. The highest BCUT2D eigenvalue weighted by molar-refractivity contribution is 9.25. The lowest BCUT2D eigenvalue weighted by atomic mass is 10.1. The van der Waals surface area contributed by atoms with Gasteiger partial charge in [0.1, 0.15) is 13.2 Å². The van der Waals surface area contributed by atoms with E-state index in [1.54, 1.807) is 0 Å². The molecule has 16 heavy (non-hydrogen) atoms. The Hall–Kier alpha value is -0.100. The molecule has 0 N–H and O–H groups in total. The number of halogens is 2. The van der Waals surface area contributed by atoms with Gasteiger partial charge in [-0.2, -0.15) is 0 Å². The van der Waals surface area contributed by atoms with E-state index in [1.165, 1.54) is 13.8 Å². The topological polar surface area (TPSA) is 52.6 Å². The molecular weight excluding hydrogens is 344 g/mol. The van der Waals surface area contributed by atoms with Gasteiger partial charge in [0.15, 0.2) is 0 Å². The first kappa shape index (κ1) is 14.0. The molecule has 0 bridgehead atoms. The summed E-state index contributed by atoms with van der Waals surface area (Å²) in [6, 6.07) is 0. The standard InChI is InChI=1S/C10H14Br2O4/c1-6-9(10(6,11)12,4-15-7(2)13)5-16-8(3)14/h6H,4-5H2,1-3H3. The Labute approximate surface area is 111 Å². The average Bonchev–Trinajstić information content (AvgIpc) is 2.57. The molecule has 0 spiro atoms. The minimum atomic E-state index is -0.385. The van der Waals surface area contributed by atoms with Crippen molar-refractivity contribution >= 4 is 43.8 Å². The van der Waals surface area contributed by atoms with Crippen molar-refractivity contribution in [3.8, 4) is 0 Å². The van der Waals surface area contributed by atoms with Gasteiger partial charge < -0.3 is 9.47 Å². The molecule has 4 nitrogen and oxygen atoms in total. The molecule has 0 radical (unpaired) electrons. The highest BCUT2D eigenvalue weighted by Gasteiger charge is 2.73. The van der Waals surface area contributed by atoms with Crippen LogP contribution in [0.4, 0.5) is 0 Å². The van der Waals surface area contributed by atoms with E-state index in [0.29, 0.717) is 0 Å². The van der Waals surface area contributed by atoms with Crippen molar-refractivity contribution in [2.24, 2.45) is 11.3 Å². The van der Waals surface area contributed by atoms with E-state index in [4.69, 9.17) is 9.47 Å². The molecule has 1 saturated carbocycles. The Morgan fingerprint density at radius 2 is 1.44 bits per heavy atom. The van der Waals surface area contributed by atoms with Gasteiger partial charge >= 0.3 is 11.9 Å². The Morgan fingerprint density at radius 1 is 1.12 bits per heavy atom. The van der Waals surface area contributed by atoms with E-state index in [1.807, 2.05) is 6.92 Å². The van der Waals surface area contributed by atoms with Crippen molar-refractivity contribution in [2.75, 3.05) is 13.2 Å². The van der Waals surface area contributed by atoms with Crippen molar-refractivity contribution < 1.29 is 19.1 Å². The molecule has 0 heterocycles. The predicted molar refractivity (Wildman–Crippen MR) is 65.4 cm³/mol. The molecule has 0 aromatic carbocycles. The van der Waals surface area contributed by atoms with Crippen LogP contribution in [0.3, 0.4) is 0 Å². The lowest BCUT2D eigenvalue weighted by Crippen LogP contribution is -2.26. The van der Waals surface area contributed by atoms with Crippen molar-refractivity contribution in [2.45, 2.75) is 24.0 Å². The SMILES string of the molecule is CC(=O)OCC1(COC(C)=O)C(C)C1(Br)Br. The maximum absolute atomic E-state index is 10.8. The molecule has 0 amide bonds. The van der Waals surface area contributed by atoms with E-state index in [-0.39, 0.29) is 39.7 Å². The van der Waals surface area contributed by atoms with Gasteiger partial charge in [0.25, 0.3) is 0 Å². The number of esters is 2. The Kier molecular flexibility index (Phi) is 4.05. The van der Waals surface area contributed by atoms with Gasteiger partial charge in [-0.1, -0.05) is 38.8 Å². The highest BCUT2D eigenvalue weighted by Crippen LogP contribution is 2.71. The smallest absolute Gasteiger partial charge is 0.302 e. The molecule has 1 fully saturated rings. The molecule has 0 aromatic heterocycles. The van der Waals surface area contributed by atoms with E-state index < -0.39 is 0 Å². The lowest BCUT2D eigenvalue weighted by molar-refractivity contribution is -0.147. The normalized spacial score (nSPS) is 24.7. The van der Waals surface area contributed by atoms with Crippen LogP contribution in [-0.2, 0) is 19.1 Å². The monoisotopic (exact) mass is 356 g/mol. The van der Waals surface area contributed by atoms with E-state index in [2.05, 4.69) is 31.9 Å². The van der Waals surface area contributed by atoms with Crippen LogP contribution in [0.5, 0.6) is 0 Å². The number of carbonyl (C=O) groups is 2. The molecule has 1 rings (SSSR count). The van der Waals surface area contributed by atoms with Crippen LogP contribution < -0.4 is 0 Å². The van der Waals surface area contributed by atoms with Crippen LogP contribution in [0.15, 0.2) is 0 Å². The number of carbonyl (C=O) groups excluding carboxylic acids is 2. The largest absolute Gasteiger partial charge is 0.465 e. The van der Waals surface area contributed by atoms with Crippen molar-refractivity contribution in [3.63, 3.8) is 0 Å². The van der Waals surface area contributed by atoms with Gasteiger partial charge in [-0.15, -0.1) is 0 Å². The summed E-state index contributed by atoms with van der Waals surface area (Å²) in [4.78, 5) is 21.6. The predicted octanol–water partition coefficient (Wildman–Crippen LogP) is 2.23. The fraction of sp³-hybridized carbons (Fsp3) is 0.800. The van der Waals surface area contributed by atoms with Gasteiger partial charge in [0.2, 0.25) is 0 Å². The zero-order valence-electron chi connectivity index (χ0n) is 9.38. The number of rotatable bonds is 4. The van der Waals surface area contributed by atoms with Crippen LogP contribution in [0, 0.1) is 11.3 Å². The molecule has 0 aliphatic heterocycles. The zero-order chi connectivity index (χ0) is 12.6. The van der Waals surface area contributed by atoms with Crippen LogP contribution in [-0.4, -0.2) is 28.4 Å². The molecule has 1 aliphatic carbocycles. The number of hydrogen-bond donors (Lipinski definition) is 0. The second kappa shape index (κ2) is 4.64. The molecular formula is C10H14Br2O4. The quantitative estimate of drug-likeness (QED) is 0.572. The Balaban J connectivity index is 2.65. The maximum Gasteiger partial charge on any atom is 0.302 e. The molecule has 1 aliphatic rings. The first-order chi connectivity index (χ1) is 7.24. The summed E-state index contributed by atoms with van der Waals surface area (Å²) in [7, 11) is 0. The Morgan fingerprint density at radius 3 is 1.62 bits per heavy atom. The van der Waals surface area contributed by atoms with Crippen molar-refractivity contribution in [1.82, 2.24) is 0 Å². The summed E-state index contributed by atoms with van der Waals surface area (Å²) < 4.78 is 9.70. The summed E-state index contributed by atoms with van der Waals surface area (Å²) in [5, 5.41) is 0. The second-order valence-electron chi connectivity index (χ2n) is 4.06. The molecule has 1 atom stereocenters. The summed E-state index contributed by atoms with van der Waals surface area (Å²) in [6.45, 7) is 5.17. The van der Waals surface area contributed by atoms with Gasteiger partial charge in [0, 0.05) is 13.8 Å². The lowest BCUT2D eigenvalue weighted by Gasteiger charge is -2.17. The summed E-state index contributed by atoms with van der Waals surface area (Å²) in [5.41, 5.74) is -0.385.